The Bertz CT molecular complexity index is 608. The Labute approximate surface area is 121 Å². The van der Waals surface area contributed by atoms with Gasteiger partial charge in [-0.05, 0) is 42.5 Å². The van der Waals surface area contributed by atoms with E-state index in [4.69, 9.17) is 9.47 Å². The van der Waals surface area contributed by atoms with Crippen molar-refractivity contribution >= 4 is 17.7 Å². The van der Waals surface area contributed by atoms with Crippen molar-refractivity contribution in [2.24, 2.45) is 0 Å². The molecule has 2 aromatic rings. The summed E-state index contributed by atoms with van der Waals surface area (Å²) in [6.45, 7) is 0. The molecule has 0 radical (unpaired) electrons. The lowest BCUT2D eigenvalue weighted by molar-refractivity contribution is 0.0693. The normalized spacial score (nSPS) is 10.1. The van der Waals surface area contributed by atoms with Gasteiger partial charge < -0.3 is 14.6 Å². The average molecular weight is 290 g/mol. The van der Waals surface area contributed by atoms with Crippen molar-refractivity contribution in [2.45, 2.75) is 9.79 Å². The molecule has 0 aromatic heterocycles. The van der Waals surface area contributed by atoms with Gasteiger partial charge >= 0.3 is 5.97 Å². The van der Waals surface area contributed by atoms with Crippen LogP contribution in [-0.4, -0.2) is 25.3 Å². The Balaban J connectivity index is 2.32. The van der Waals surface area contributed by atoms with Gasteiger partial charge in [-0.25, -0.2) is 4.79 Å². The monoisotopic (exact) mass is 290 g/mol. The number of hydrogen-bond acceptors (Lipinski definition) is 4. The third-order valence-electron chi connectivity index (χ3n) is 2.71. The van der Waals surface area contributed by atoms with Crippen LogP contribution >= 0.6 is 11.8 Å². The lowest BCUT2D eigenvalue weighted by atomic mass is 10.2. The van der Waals surface area contributed by atoms with E-state index in [2.05, 4.69) is 0 Å². The molecule has 0 amide bonds. The second kappa shape index (κ2) is 6.34. The highest BCUT2D eigenvalue weighted by atomic mass is 32.2. The Hall–Kier alpha value is -2.14. The highest BCUT2D eigenvalue weighted by Gasteiger charge is 2.12. The van der Waals surface area contributed by atoms with Gasteiger partial charge in [0.15, 0.2) is 0 Å². The van der Waals surface area contributed by atoms with Crippen LogP contribution in [-0.2, 0) is 0 Å². The van der Waals surface area contributed by atoms with Crippen molar-refractivity contribution in [3.8, 4) is 11.5 Å². The summed E-state index contributed by atoms with van der Waals surface area (Å²) < 4.78 is 10.2. The number of ether oxygens (including phenoxy) is 2. The predicted molar refractivity (Wildman–Crippen MR) is 77.1 cm³/mol. The van der Waals surface area contributed by atoms with E-state index < -0.39 is 5.97 Å². The topological polar surface area (TPSA) is 55.8 Å². The molecule has 5 heteroatoms. The molecule has 0 aliphatic rings. The summed E-state index contributed by atoms with van der Waals surface area (Å²) in [5, 5.41) is 9.22. The molecular formula is C15H14O4S. The molecular weight excluding hydrogens is 276 g/mol. The molecule has 0 spiro atoms. The van der Waals surface area contributed by atoms with E-state index in [-0.39, 0.29) is 5.56 Å². The molecule has 0 bridgehead atoms. The fourth-order valence-corrected chi connectivity index (χ4v) is 2.63. The molecule has 0 unspecified atom stereocenters. The standard InChI is InChI=1S/C15H14O4S/c1-18-10-3-6-12(7-4-10)20-14-9-11(19-2)5-8-13(14)15(16)17/h3-9H,1-2H3,(H,16,17). The van der Waals surface area contributed by atoms with E-state index in [0.717, 1.165) is 10.6 Å². The molecule has 0 saturated heterocycles. The van der Waals surface area contributed by atoms with E-state index in [1.54, 1.807) is 32.4 Å². The van der Waals surface area contributed by atoms with Gasteiger partial charge in [0.25, 0.3) is 0 Å². The van der Waals surface area contributed by atoms with Crippen molar-refractivity contribution < 1.29 is 19.4 Å². The van der Waals surface area contributed by atoms with Gasteiger partial charge in [-0.3, -0.25) is 0 Å². The van der Waals surface area contributed by atoms with E-state index in [9.17, 15) is 9.90 Å². The second-order valence-corrected chi connectivity index (χ2v) is 5.06. The SMILES string of the molecule is COc1ccc(Sc2cc(OC)ccc2C(=O)O)cc1. The maximum atomic E-state index is 11.2. The summed E-state index contributed by atoms with van der Waals surface area (Å²) in [6.07, 6.45) is 0. The van der Waals surface area contributed by atoms with Crippen molar-refractivity contribution in [3.63, 3.8) is 0 Å². The molecule has 1 N–H and O–H groups in total. The zero-order chi connectivity index (χ0) is 14.5. The maximum absolute atomic E-state index is 11.2. The fourth-order valence-electron chi connectivity index (χ4n) is 1.66. The van der Waals surface area contributed by atoms with Crippen LogP contribution in [0.5, 0.6) is 11.5 Å². The van der Waals surface area contributed by atoms with Crippen molar-refractivity contribution in [2.75, 3.05) is 14.2 Å². The first-order valence-electron chi connectivity index (χ1n) is 5.87. The minimum atomic E-state index is -0.955. The van der Waals surface area contributed by atoms with Crippen LogP contribution in [0.4, 0.5) is 0 Å². The second-order valence-electron chi connectivity index (χ2n) is 3.94. The smallest absolute Gasteiger partial charge is 0.336 e. The van der Waals surface area contributed by atoms with Crippen molar-refractivity contribution in [3.05, 3.63) is 48.0 Å². The summed E-state index contributed by atoms with van der Waals surface area (Å²) in [7, 11) is 3.16. The van der Waals surface area contributed by atoms with E-state index >= 15 is 0 Å². The van der Waals surface area contributed by atoms with Gasteiger partial charge in [-0.1, -0.05) is 11.8 Å². The Morgan fingerprint density at radius 3 is 2.15 bits per heavy atom. The zero-order valence-electron chi connectivity index (χ0n) is 11.1. The third kappa shape index (κ3) is 3.24. The van der Waals surface area contributed by atoms with Gasteiger partial charge in [0.05, 0.1) is 19.8 Å². The summed E-state index contributed by atoms with van der Waals surface area (Å²) in [6, 6.07) is 12.3. The van der Waals surface area contributed by atoms with Crippen molar-refractivity contribution in [1.82, 2.24) is 0 Å². The molecule has 2 rings (SSSR count). The number of carboxylic acid groups (broad SMARTS) is 1. The van der Waals surface area contributed by atoms with Crippen LogP contribution in [0.3, 0.4) is 0 Å². The number of aromatic carboxylic acids is 1. The number of rotatable bonds is 5. The van der Waals surface area contributed by atoms with E-state index in [1.165, 1.54) is 11.8 Å². The van der Waals surface area contributed by atoms with Crippen LogP contribution in [0.2, 0.25) is 0 Å². The van der Waals surface area contributed by atoms with Crippen LogP contribution in [0.1, 0.15) is 10.4 Å². The number of carboxylic acids is 1. The minimum Gasteiger partial charge on any atom is -0.497 e. The van der Waals surface area contributed by atoms with Crippen LogP contribution < -0.4 is 9.47 Å². The average Bonchev–Trinajstić information content (AvgIpc) is 2.47. The number of benzene rings is 2. The van der Waals surface area contributed by atoms with E-state index in [1.807, 2.05) is 24.3 Å². The molecule has 0 aliphatic carbocycles. The first kappa shape index (κ1) is 14.3. The summed E-state index contributed by atoms with van der Waals surface area (Å²) in [4.78, 5) is 12.8. The Morgan fingerprint density at radius 2 is 1.60 bits per heavy atom. The molecule has 0 heterocycles. The lowest BCUT2D eigenvalue weighted by Gasteiger charge is -2.08. The maximum Gasteiger partial charge on any atom is 0.336 e. The van der Waals surface area contributed by atoms with Crippen LogP contribution in [0.15, 0.2) is 52.3 Å². The van der Waals surface area contributed by atoms with Gasteiger partial charge in [0, 0.05) is 9.79 Å². The van der Waals surface area contributed by atoms with Crippen molar-refractivity contribution in [1.29, 1.82) is 0 Å². The van der Waals surface area contributed by atoms with Crippen LogP contribution in [0.25, 0.3) is 0 Å². The highest BCUT2D eigenvalue weighted by molar-refractivity contribution is 7.99. The lowest BCUT2D eigenvalue weighted by Crippen LogP contribution is -1.99. The summed E-state index contributed by atoms with van der Waals surface area (Å²) in [5.74, 6) is 0.438. The number of methoxy groups -OCH3 is 2. The highest BCUT2D eigenvalue weighted by Crippen LogP contribution is 2.34. The fraction of sp³-hybridized carbons (Fsp3) is 0.133. The Morgan fingerprint density at radius 1 is 1.00 bits per heavy atom. The summed E-state index contributed by atoms with van der Waals surface area (Å²) >= 11 is 1.37. The first-order chi connectivity index (χ1) is 9.63. The Kier molecular flexibility index (Phi) is 4.53. The number of carbonyl (C=O) groups is 1. The van der Waals surface area contributed by atoms with Gasteiger partial charge in [0.2, 0.25) is 0 Å². The summed E-state index contributed by atoms with van der Waals surface area (Å²) in [5.41, 5.74) is 0.256. The zero-order valence-corrected chi connectivity index (χ0v) is 11.9. The molecule has 0 aliphatic heterocycles. The van der Waals surface area contributed by atoms with Crippen LogP contribution in [0, 0.1) is 0 Å². The molecule has 20 heavy (non-hydrogen) atoms. The minimum absolute atomic E-state index is 0.256. The van der Waals surface area contributed by atoms with Gasteiger partial charge in [-0.15, -0.1) is 0 Å². The third-order valence-corrected chi connectivity index (χ3v) is 3.77. The molecule has 4 nitrogen and oxygen atoms in total. The molecule has 104 valence electrons. The molecule has 0 fully saturated rings. The van der Waals surface area contributed by atoms with E-state index in [0.29, 0.717) is 10.6 Å². The quantitative estimate of drug-likeness (QED) is 0.912. The predicted octanol–water partition coefficient (Wildman–Crippen LogP) is 3.55. The van der Waals surface area contributed by atoms with Gasteiger partial charge in [-0.2, -0.15) is 0 Å². The van der Waals surface area contributed by atoms with Gasteiger partial charge in [0.1, 0.15) is 11.5 Å². The first-order valence-corrected chi connectivity index (χ1v) is 6.69. The molecule has 0 saturated carbocycles. The molecule has 0 atom stereocenters. The number of hydrogen-bond donors (Lipinski definition) is 1. The molecule has 2 aromatic carbocycles. The largest absolute Gasteiger partial charge is 0.497 e.